The van der Waals surface area contributed by atoms with Gasteiger partial charge in [-0.2, -0.15) is 26.3 Å². The predicted molar refractivity (Wildman–Crippen MR) is 258 cm³/mol. The Morgan fingerprint density at radius 1 is 0.725 bits per heavy atom. The molecule has 4 atom stereocenters. The van der Waals surface area contributed by atoms with E-state index >= 15 is 0 Å². The van der Waals surface area contributed by atoms with Crippen LogP contribution in [-0.4, -0.2) is 93.9 Å². The number of benzene rings is 2. The van der Waals surface area contributed by atoms with Gasteiger partial charge in [-0.25, -0.2) is 29.5 Å². The molecule has 4 unspecified atom stereocenters. The molecule has 0 aliphatic carbocycles. The number of amides is 2. The number of ether oxygens (including phenoxy) is 2. The van der Waals surface area contributed by atoms with Gasteiger partial charge in [0.25, 0.3) is 0 Å². The first-order chi connectivity index (χ1) is 31.9. The van der Waals surface area contributed by atoms with Crippen molar-refractivity contribution in [1.29, 1.82) is 0 Å². The fourth-order valence-corrected chi connectivity index (χ4v) is 8.77. The summed E-state index contributed by atoms with van der Waals surface area (Å²) in [6, 6.07) is 6.62. The van der Waals surface area contributed by atoms with E-state index in [9.17, 15) is 35.9 Å². The van der Waals surface area contributed by atoms with Crippen molar-refractivity contribution in [2.24, 2.45) is 11.8 Å². The summed E-state index contributed by atoms with van der Waals surface area (Å²) in [4.78, 5) is 43.1. The minimum Gasteiger partial charge on any atom is -0.444 e. The molecule has 11 N–H and O–H groups in total. The van der Waals surface area contributed by atoms with Gasteiger partial charge in [-0.3, -0.25) is 0 Å². The summed E-state index contributed by atoms with van der Waals surface area (Å²) in [5.41, 5.74) is 22.5. The molecule has 27 heteroatoms. The SMILES string of the molecule is CC(C)(C)OC(=O)NC(C1CCN(c2cnc(Sc3cccc(N)c3Cl)c(N)n2)C1)C(F)(F)F.CC(C)(C)OC(=O)NC(C1CCNC1)C(F)(F)F.Nc1cccc(Sc2ncc(Cl)nc2N)c1Cl. The number of carbonyl (C=O) groups excluding carboxylic acids is 2. The summed E-state index contributed by atoms with van der Waals surface area (Å²) in [5, 5.41) is 8.81. The Kier molecular flexibility index (Phi) is 19.7. The van der Waals surface area contributed by atoms with Crippen LogP contribution in [0.4, 0.5) is 64.8 Å². The number of hydrogen-bond donors (Lipinski definition) is 7. The number of hydrogen-bond acceptors (Lipinski definition) is 16. The van der Waals surface area contributed by atoms with Crippen LogP contribution in [0.3, 0.4) is 0 Å². The Morgan fingerprint density at radius 3 is 1.61 bits per heavy atom. The Hall–Kier alpha value is -4.75. The van der Waals surface area contributed by atoms with E-state index < -0.39 is 59.7 Å². The molecular formula is C42H53Cl3F6N12O4S2. The summed E-state index contributed by atoms with van der Waals surface area (Å²) < 4.78 is 89.6. The van der Waals surface area contributed by atoms with Crippen molar-refractivity contribution in [2.45, 2.75) is 110 Å². The topological polar surface area (TPSA) is 248 Å². The van der Waals surface area contributed by atoms with Crippen LogP contribution in [0.15, 0.2) is 68.6 Å². The number of alkyl halides is 6. The van der Waals surface area contributed by atoms with Crippen molar-refractivity contribution in [3.63, 3.8) is 0 Å². The van der Waals surface area contributed by atoms with Crippen molar-refractivity contribution in [2.75, 3.05) is 54.0 Å². The van der Waals surface area contributed by atoms with E-state index in [0.717, 1.165) is 4.90 Å². The first-order valence-electron chi connectivity index (χ1n) is 20.8. The largest absolute Gasteiger partial charge is 0.444 e. The molecule has 2 saturated heterocycles. The van der Waals surface area contributed by atoms with Gasteiger partial charge in [0.2, 0.25) is 0 Å². The number of carbonyl (C=O) groups is 2. The molecule has 2 aromatic heterocycles. The lowest BCUT2D eigenvalue weighted by Gasteiger charge is -2.29. The first-order valence-corrected chi connectivity index (χ1v) is 23.6. The molecule has 2 aliphatic heterocycles. The van der Waals surface area contributed by atoms with Crippen LogP contribution in [0, 0.1) is 11.8 Å². The van der Waals surface area contributed by atoms with Crippen molar-refractivity contribution in [3.05, 3.63) is 64.0 Å². The van der Waals surface area contributed by atoms with Crippen LogP contribution in [0.2, 0.25) is 15.2 Å². The molecule has 0 spiro atoms. The molecule has 2 fully saturated rings. The van der Waals surface area contributed by atoms with E-state index in [2.05, 4.69) is 25.3 Å². The zero-order valence-electron chi connectivity index (χ0n) is 38.1. The quantitative estimate of drug-likeness (QED) is 0.0609. The number of rotatable bonds is 9. The zero-order valence-corrected chi connectivity index (χ0v) is 42.0. The third-order valence-electron chi connectivity index (χ3n) is 9.53. The molecule has 2 aliphatic rings. The van der Waals surface area contributed by atoms with Crippen LogP contribution in [-0.2, 0) is 9.47 Å². The molecule has 0 bridgehead atoms. The average molecular weight is 1070 g/mol. The number of alkyl carbamates (subject to hydrolysis) is 2. The lowest BCUT2D eigenvalue weighted by atomic mass is 9.98. The van der Waals surface area contributed by atoms with Crippen LogP contribution in [0.1, 0.15) is 54.4 Å². The average Bonchev–Trinajstić information content (AvgIpc) is 3.93. The van der Waals surface area contributed by atoms with Gasteiger partial charge in [0.15, 0.2) is 11.6 Å². The second-order valence-electron chi connectivity index (χ2n) is 17.4. The van der Waals surface area contributed by atoms with Gasteiger partial charge in [-0.15, -0.1) is 0 Å². The van der Waals surface area contributed by atoms with E-state index in [1.54, 1.807) is 70.7 Å². The maximum Gasteiger partial charge on any atom is 0.409 e. The highest BCUT2D eigenvalue weighted by atomic mass is 35.5. The minimum atomic E-state index is -4.64. The molecular weight excluding hydrogens is 1020 g/mol. The fourth-order valence-electron chi connectivity index (χ4n) is 6.52. The molecule has 4 heterocycles. The zero-order chi connectivity index (χ0) is 51.6. The maximum atomic E-state index is 13.7. The molecule has 4 aromatic rings. The highest BCUT2D eigenvalue weighted by Gasteiger charge is 2.49. The van der Waals surface area contributed by atoms with E-state index in [4.69, 9.17) is 67.2 Å². The Balaban J connectivity index is 0.000000249. The van der Waals surface area contributed by atoms with Crippen LogP contribution in [0.25, 0.3) is 0 Å². The van der Waals surface area contributed by atoms with Crippen molar-refractivity contribution in [3.8, 4) is 0 Å². The molecule has 0 radical (unpaired) electrons. The van der Waals surface area contributed by atoms with Gasteiger partial charge in [-0.1, -0.05) is 70.5 Å². The number of halogens is 9. The molecule has 16 nitrogen and oxygen atoms in total. The first kappa shape index (κ1) is 56.8. The number of nitrogens with one attached hydrogen (secondary N) is 3. The molecule has 0 saturated carbocycles. The summed E-state index contributed by atoms with van der Waals surface area (Å²) >= 11 is 20.4. The maximum absolute atomic E-state index is 13.7. The van der Waals surface area contributed by atoms with E-state index in [1.165, 1.54) is 35.9 Å². The number of anilines is 5. The summed E-state index contributed by atoms with van der Waals surface area (Å²) in [6.45, 7) is 10.7. The van der Waals surface area contributed by atoms with Gasteiger partial charge in [0, 0.05) is 41.3 Å². The van der Waals surface area contributed by atoms with E-state index in [-0.39, 0.29) is 36.3 Å². The minimum absolute atomic E-state index is 0.0155. The third kappa shape index (κ3) is 17.9. The molecule has 6 rings (SSSR count). The molecule has 2 amide bonds. The predicted octanol–water partition coefficient (Wildman–Crippen LogP) is 9.88. The molecule has 380 valence electrons. The van der Waals surface area contributed by atoms with Crippen molar-refractivity contribution < 1.29 is 45.4 Å². The second-order valence-corrected chi connectivity index (χ2v) is 20.6. The van der Waals surface area contributed by atoms with Crippen molar-refractivity contribution in [1.82, 2.24) is 35.9 Å². The highest BCUT2D eigenvalue weighted by molar-refractivity contribution is 7.99. The standard InChI is InChI=1S/C21H26ClF3N6O2S.C11H19F3N2O2.C10H8Cl2N4S/c1-20(2,3)33-19(32)30-16(21(23,24)25)11-7-8-31(10-11)14-9-28-18(17(27)29-14)34-13-6-4-5-12(26)15(13)22;1-10(2,3)18-9(17)16-8(11(12,13)14)7-4-5-15-6-7;11-7-4-15-10(9(14)16-7)17-6-3-1-2-5(13)8(6)12/h4-6,9,11,16H,7-8,10,26H2,1-3H3,(H2,27,29)(H,30,32);7-8,15H,4-6H2,1-3H3,(H,16,17);1-4H,13H2,(H2,14,16). The monoisotopic (exact) mass is 1070 g/mol. The normalized spacial score (nSPS) is 17.1. The highest BCUT2D eigenvalue weighted by Crippen LogP contribution is 2.40. The third-order valence-corrected chi connectivity index (χ3v) is 12.9. The van der Waals surface area contributed by atoms with Crippen molar-refractivity contribution >= 4 is 99.3 Å². The summed E-state index contributed by atoms with van der Waals surface area (Å²) in [7, 11) is 0. The Labute approximate surface area is 418 Å². The fraction of sp³-hybridized carbons (Fsp3) is 0.476. The van der Waals surface area contributed by atoms with Gasteiger partial charge in [0.1, 0.15) is 44.3 Å². The van der Waals surface area contributed by atoms with E-state index in [1.807, 2.05) is 22.8 Å². The second kappa shape index (κ2) is 23.9. The van der Waals surface area contributed by atoms with Crippen LogP contribution < -0.4 is 43.8 Å². The number of nitrogens with zero attached hydrogens (tertiary/aromatic N) is 5. The summed E-state index contributed by atoms with van der Waals surface area (Å²) in [6.07, 6.45) is -7.79. The van der Waals surface area contributed by atoms with Gasteiger partial charge in [-0.05, 0) is 85.2 Å². The molecule has 2 aromatic carbocycles. The molecule has 69 heavy (non-hydrogen) atoms. The number of nitrogens with two attached hydrogens (primary N) is 4. The smallest absolute Gasteiger partial charge is 0.409 e. The summed E-state index contributed by atoms with van der Waals surface area (Å²) in [5.74, 6) is -0.806. The Morgan fingerprint density at radius 2 is 1.19 bits per heavy atom. The Bertz CT molecular complexity index is 2390. The van der Waals surface area contributed by atoms with Gasteiger partial charge >= 0.3 is 24.5 Å². The van der Waals surface area contributed by atoms with Gasteiger partial charge < -0.3 is 53.3 Å². The lowest BCUT2D eigenvalue weighted by molar-refractivity contribution is -0.165. The van der Waals surface area contributed by atoms with Crippen LogP contribution >= 0.6 is 58.3 Å². The van der Waals surface area contributed by atoms with Crippen LogP contribution in [0.5, 0.6) is 0 Å². The van der Waals surface area contributed by atoms with Gasteiger partial charge in [0.05, 0.1) is 33.8 Å². The number of aromatic nitrogens is 4. The number of nitrogen functional groups attached to an aromatic ring is 4. The lowest BCUT2D eigenvalue weighted by Crippen LogP contribution is -2.52. The van der Waals surface area contributed by atoms with E-state index in [0.29, 0.717) is 61.7 Å².